The van der Waals surface area contributed by atoms with Crippen LogP contribution in [0.5, 0.6) is 11.5 Å². The second-order valence-corrected chi connectivity index (χ2v) is 7.09. The molecule has 2 aromatic rings. The van der Waals surface area contributed by atoms with Crippen molar-refractivity contribution in [3.8, 4) is 11.5 Å². The SMILES string of the molecule is COc1cc(/C=N/N(CC(=O)O)C2=NS(=O)(=O)c3ccccc32)ccc1O. The van der Waals surface area contributed by atoms with Gasteiger partial charge in [0.25, 0.3) is 10.0 Å². The average molecular weight is 389 g/mol. The first-order chi connectivity index (χ1) is 12.8. The topological polar surface area (TPSA) is 129 Å². The maximum Gasteiger partial charge on any atom is 0.325 e. The predicted molar refractivity (Wildman–Crippen MR) is 96.8 cm³/mol. The minimum absolute atomic E-state index is 0.00288. The van der Waals surface area contributed by atoms with E-state index in [1.165, 1.54) is 37.6 Å². The van der Waals surface area contributed by atoms with Crippen LogP contribution >= 0.6 is 0 Å². The summed E-state index contributed by atoms with van der Waals surface area (Å²) >= 11 is 0. The molecule has 1 heterocycles. The Labute approximate surface area is 154 Å². The quantitative estimate of drug-likeness (QED) is 0.582. The van der Waals surface area contributed by atoms with Crippen LogP contribution < -0.4 is 4.74 Å². The molecule has 9 nitrogen and oxygen atoms in total. The number of hydrogen-bond acceptors (Lipinski definition) is 7. The fourth-order valence-electron chi connectivity index (χ4n) is 2.48. The molecular formula is C17H15N3O6S. The van der Waals surface area contributed by atoms with E-state index in [0.29, 0.717) is 5.56 Å². The van der Waals surface area contributed by atoms with Gasteiger partial charge in [0.1, 0.15) is 11.4 Å². The van der Waals surface area contributed by atoms with Crippen molar-refractivity contribution in [3.05, 3.63) is 53.6 Å². The van der Waals surface area contributed by atoms with Crippen LogP contribution in [-0.4, -0.2) is 55.3 Å². The number of hydrazone groups is 1. The van der Waals surface area contributed by atoms with E-state index in [2.05, 4.69) is 9.50 Å². The van der Waals surface area contributed by atoms with Crippen LogP contribution in [0.2, 0.25) is 0 Å². The lowest BCUT2D eigenvalue weighted by molar-refractivity contribution is -0.137. The first-order valence-electron chi connectivity index (χ1n) is 7.66. The van der Waals surface area contributed by atoms with Gasteiger partial charge in [-0.05, 0) is 35.9 Å². The van der Waals surface area contributed by atoms with Crippen molar-refractivity contribution in [2.24, 2.45) is 9.50 Å². The van der Waals surface area contributed by atoms with Crippen molar-refractivity contribution in [1.82, 2.24) is 5.01 Å². The van der Waals surface area contributed by atoms with E-state index in [1.54, 1.807) is 18.2 Å². The highest BCUT2D eigenvalue weighted by Crippen LogP contribution is 2.28. The number of amidine groups is 1. The monoisotopic (exact) mass is 389 g/mol. The van der Waals surface area contributed by atoms with Gasteiger partial charge in [0.05, 0.1) is 13.3 Å². The third-order valence-electron chi connectivity index (χ3n) is 3.69. The molecule has 0 radical (unpaired) electrons. The Morgan fingerprint density at radius 1 is 1.30 bits per heavy atom. The molecule has 0 atom stereocenters. The summed E-state index contributed by atoms with van der Waals surface area (Å²) in [4.78, 5) is 11.2. The number of sulfonamides is 1. The Hall–Kier alpha value is -3.40. The zero-order valence-corrected chi connectivity index (χ0v) is 14.9. The minimum atomic E-state index is -3.91. The van der Waals surface area contributed by atoms with Gasteiger partial charge < -0.3 is 14.9 Å². The largest absolute Gasteiger partial charge is 0.504 e. The Bertz CT molecular complexity index is 1060. The molecule has 0 spiro atoms. The Balaban J connectivity index is 2.00. The third-order valence-corrected chi connectivity index (χ3v) is 5.02. The van der Waals surface area contributed by atoms with Crippen LogP contribution in [0.15, 0.2) is 56.9 Å². The highest BCUT2D eigenvalue weighted by Gasteiger charge is 2.32. The summed E-state index contributed by atoms with van der Waals surface area (Å²) in [7, 11) is -2.52. The van der Waals surface area contributed by atoms with Gasteiger partial charge in [0.15, 0.2) is 17.3 Å². The molecule has 0 unspecified atom stereocenters. The zero-order valence-electron chi connectivity index (χ0n) is 14.1. The van der Waals surface area contributed by atoms with E-state index in [4.69, 9.17) is 9.84 Å². The van der Waals surface area contributed by atoms with Crippen LogP contribution in [0.4, 0.5) is 0 Å². The van der Waals surface area contributed by atoms with E-state index in [9.17, 15) is 18.3 Å². The van der Waals surface area contributed by atoms with Gasteiger partial charge >= 0.3 is 5.97 Å². The van der Waals surface area contributed by atoms with Crippen molar-refractivity contribution in [2.75, 3.05) is 13.7 Å². The molecule has 0 aromatic heterocycles. The molecule has 27 heavy (non-hydrogen) atoms. The summed E-state index contributed by atoms with van der Waals surface area (Å²) in [5, 5.41) is 23.9. The number of phenolic OH excluding ortho intramolecular Hbond substituents is 1. The minimum Gasteiger partial charge on any atom is -0.504 e. The number of carboxylic acid groups (broad SMARTS) is 1. The van der Waals surface area contributed by atoms with Gasteiger partial charge in [-0.1, -0.05) is 12.1 Å². The smallest absolute Gasteiger partial charge is 0.325 e. The zero-order chi connectivity index (χ0) is 19.6. The molecule has 0 bridgehead atoms. The van der Waals surface area contributed by atoms with E-state index in [1.807, 2.05) is 0 Å². The molecule has 2 N–H and O–H groups in total. The molecule has 0 saturated carbocycles. The van der Waals surface area contributed by atoms with Gasteiger partial charge in [-0.25, -0.2) is 5.01 Å². The number of aromatic hydroxyl groups is 1. The van der Waals surface area contributed by atoms with Crippen LogP contribution in [0.1, 0.15) is 11.1 Å². The van der Waals surface area contributed by atoms with Gasteiger partial charge in [-0.3, -0.25) is 4.79 Å². The lowest BCUT2D eigenvalue weighted by Gasteiger charge is -2.16. The van der Waals surface area contributed by atoms with Crippen LogP contribution in [-0.2, 0) is 14.8 Å². The van der Waals surface area contributed by atoms with E-state index in [0.717, 1.165) is 5.01 Å². The third kappa shape index (κ3) is 3.75. The first-order valence-corrected chi connectivity index (χ1v) is 9.10. The fourth-order valence-corrected chi connectivity index (χ4v) is 3.69. The van der Waals surface area contributed by atoms with Crippen molar-refractivity contribution in [1.29, 1.82) is 0 Å². The van der Waals surface area contributed by atoms with Crippen molar-refractivity contribution < 1.29 is 28.2 Å². The molecule has 3 rings (SSSR count). The molecular weight excluding hydrogens is 374 g/mol. The van der Waals surface area contributed by atoms with Crippen LogP contribution in [0, 0.1) is 0 Å². The van der Waals surface area contributed by atoms with Gasteiger partial charge in [0, 0.05) is 5.56 Å². The lowest BCUT2D eigenvalue weighted by atomic mass is 10.2. The van der Waals surface area contributed by atoms with E-state index in [-0.39, 0.29) is 27.8 Å². The molecule has 0 fully saturated rings. The van der Waals surface area contributed by atoms with E-state index < -0.39 is 22.5 Å². The average Bonchev–Trinajstić information content (AvgIpc) is 2.91. The summed E-state index contributed by atoms with van der Waals surface area (Å²) in [6.45, 7) is -0.589. The summed E-state index contributed by atoms with van der Waals surface area (Å²) in [5.41, 5.74) is 0.786. The second-order valence-electron chi connectivity index (χ2n) is 5.51. The summed E-state index contributed by atoms with van der Waals surface area (Å²) in [6.07, 6.45) is 1.32. The number of benzene rings is 2. The van der Waals surface area contributed by atoms with Crippen LogP contribution in [0.3, 0.4) is 0 Å². The number of fused-ring (bicyclic) bond motifs is 1. The second kappa shape index (κ2) is 7.08. The number of carbonyl (C=O) groups is 1. The van der Waals surface area contributed by atoms with E-state index >= 15 is 0 Å². The first kappa shape index (κ1) is 18.4. The molecule has 1 aliphatic heterocycles. The maximum absolute atomic E-state index is 12.2. The van der Waals surface area contributed by atoms with Crippen molar-refractivity contribution in [2.45, 2.75) is 4.90 Å². The normalized spacial score (nSPS) is 14.6. The predicted octanol–water partition coefficient (Wildman–Crippen LogP) is 1.27. The number of hydrogen-bond donors (Lipinski definition) is 2. The highest BCUT2D eigenvalue weighted by molar-refractivity contribution is 7.90. The maximum atomic E-state index is 12.2. The molecule has 140 valence electrons. The number of phenols is 1. The molecule has 10 heteroatoms. The lowest BCUT2D eigenvalue weighted by Crippen LogP contribution is -2.31. The highest BCUT2D eigenvalue weighted by atomic mass is 32.2. The van der Waals surface area contributed by atoms with Gasteiger partial charge in [-0.15, -0.1) is 4.40 Å². The van der Waals surface area contributed by atoms with Crippen molar-refractivity contribution >= 4 is 28.0 Å². The standard InChI is InChI=1S/C17H15N3O6S/c1-26-14-8-11(6-7-13(14)21)9-18-20(10-16(22)23)17-12-4-2-3-5-15(12)27(24,25)19-17/h2-9,21H,10H2,1H3,(H,22,23)/b18-9+. The molecule has 1 aliphatic rings. The summed E-state index contributed by atoms with van der Waals surface area (Å²) in [5.74, 6) is -1.12. The molecule has 0 saturated heterocycles. The Kier molecular flexibility index (Phi) is 4.82. The number of rotatable bonds is 5. The summed E-state index contributed by atoms with van der Waals surface area (Å²) < 4.78 is 33.1. The molecule has 0 aliphatic carbocycles. The Morgan fingerprint density at radius 2 is 2.04 bits per heavy atom. The Morgan fingerprint density at radius 3 is 2.74 bits per heavy atom. The van der Waals surface area contributed by atoms with Gasteiger partial charge in [-0.2, -0.15) is 13.5 Å². The van der Waals surface area contributed by atoms with Crippen LogP contribution in [0.25, 0.3) is 0 Å². The molecule has 0 amide bonds. The number of nitrogens with zero attached hydrogens (tertiary/aromatic N) is 3. The number of methoxy groups -OCH3 is 1. The number of aliphatic carboxylic acids is 1. The summed E-state index contributed by atoms with van der Waals surface area (Å²) in [6, 6.07) is 10.6. The fraction of sp³-hybridized carbons (Fsp3) is 0.118. The molecule has 2 aromatic carbocycles. The van der Waals surface area contributed by atoms with Crippen molar-refractivity contribution in [3.63, 3.8) is 0 Å². The van der Waals surface area contributed by atoms with Gasteiger partial charge in [0.2, 0.25) is 0 Å². The number of ether oxygens (including phenoxy) is 1. The number of carboxylic acids is 1.